The molecule has 0 fully saturated rings. The Bertz CT molecular complexity index is 707. The Hall–Kier alpha value is -2.40. The number of unbranched alkanes of at least 4 members (excludes halogenated alkanes) is 3. The number of hydrogen-bond acceptors (Lipinski definition) is 4. The number of benzene rings is 1. The number of aryl methyl sites for hydroxylation is 1. The Balaban J connectivity index is 1.35. The largest absolute Gasteiger partial charge is 0.463 e. The summed E-state index contributed by atoms with van der Waals surface area (Å²) < 4.78 is 6.78. The minimum absolute atomic E-state index is 0.629. The van der Waals surface area contributed by atoms with E-state index in [4.69, 9.17) is 4.42 Å². The van der Waals surface area contributed by atoms with Crippen LogP contribution in [0.25, 0.3) is 11.5 Å². The zero-order valence-corrected chi connectivity index (χ0v) is 13.7. The summed E-state index contributed by atoms with van der Waals surface area (Å²) >= 11 is 0. The van der Waals surface area contributed by atoms with Crippen molar-refractivity contribution in [2.24, 2.45) is 0 Å². The Kier molecular flexibility index (Phi) is 5.80. The molecule has 0 aliphatic carbocycles. The van der Waals surface area contributed by atoms with Crippen LogP contribution in [0.5, 0.6) is 0 Å². The van der Waals surface area contributed by atoms with E-state index < -0.39 is 6.23 Å². The smallest absolute Gasteiger partial charge is 0.155 e. The van der Waals surface area contributed by atoms with E-state index >= 15 is 0 Å². The van der Waals surface area contributed by atoms with Gasteiger partial charge < -0.3 is 9.52 Å². The highest BCUT2D eigenvalue weighted by atomic mass is 16.3. The molecule has 2 heterocycles. The van der Waals surface area contributed by atoms with Crippen LogP contribution in [0, 0.1) is 0 Å². The first-order valence-corrected chi connectivity index (χ1v) is 8.50. The quantitative estimate of drug-likeness (QED) is 0.598. The lowest BCUT2D eigenvalue weighted by Crippen LogP contribution is -2.08. The van der Waals surface area contributed by atoms with Gasteiger partial charge in [0.05, 0.1) is 12.5 Å². The van der Waals surface area contributed by atoms with Crippen molar-refractivity contribution in [1.82, 2.24) is 15.0 Å². The molecule has 0 spiro atoms. The highest BCUT2D eigenvalue weighted by molar-refractivity contribution is 5.49. The molecule has 2 aromatic heterocycles. The number of aliphatic hydroxyl groups excluding tert-OH is 1. The van der Waals surface area contributed by atoms with E-state index in [1.807, 2.05) is 12.1 Å². The lowest BCUT2D eigenvalue weighted by molar-refractivity contribution is 0.0766. The fourth-order valence-electron chi connectivity index (χ4n) is 2.75. The minimum Gasteiger partial charge on any atom is -0.463 e. The molecule has 1 atom stereocenters. The maximum atomic E-state index is 10.2. The van der Waals surface area contributed by atoms with E-state index in [2.05, 4.69) is 34.6 Å². The predicted molar refractivity (Wildman–Crippen MR) is 92.2 cm³/mol. The van der Waals surface area contributed by atoms with Crippen LogP contribution >= 0.6 is 0 Å². The lowest BCUT2D eigenvalue weighted by atomic mass is 10.1. The monoisotopic (exact) mass is 325 g/mol. The molecular formula is C19H23N3O2. The van der Waals surface area contributed by atoms with Gasteiger partial charge in [-0.1, -0.05) is 48.4 Å². The van der Waals surface area contributed by atoms with Crippen LogP contribution in [-0.2, 0) is 6.42 Å². The van der Waals surface area contributed by atoms with Crippen molar-refractivity contribution < 1.29 is 9.52 Å². The number of nitrogens with zero attached hydrogens (tertiary/aromatic N) is 3. The minimum atomic E-state index is -0.629. The highest BCUT2D eigenvalue weighted by Crippen LogP contribution is 2.19. The third kappa shape index (κ3) is 4.55. The molecule has 0 radical (unpaired) electrons. The van der Waals surface area contributed by atoms with Gasteiger partial charge in [-0.2, -0.15) is 0 Å². The van der Waals surface area contributed by atoms with Crippen LogP contribution in [0.1, 0.15) is 43.9 Å². The normalized spacial score (nSPS) is 12.4. The molecule has 1 N–H and O–H groups in total. The van der Waals surface area contributed by atoms with Crippen LogP contribution in [0.2, 0.25) is 0 Å². The van der Waals surface area contributed by atoms with Crippen molar-refractivity contribution in [3.8, 4) is 11.5 Å². The van der Waals surface area contributed by atoms with E-state index in [1.165, 1.54) is 23.1 Å². The molecule has 1 aromatic carbocycles. The van der Waals surface area contributed by atoms with Crippen LogP contribution < -0.4 is 0 Å². The summed E-state index contributed by atoms with van der Waals surface area (Å²) in [5.74, 6) is 0.661. The summed E-state index contributed by atoms with van der Waals surface area (Å²) in [7, 11) is 0. The van der Waals surface area contributed by atoms with E-state index in [0.29, 0.717) is 17.9 Å². The van der Waals surface area contributed by atoms with Gasteiger partial charge in [0.25, 0.3) is 0 Å². The van der Waals surface area contributed by atoms with Crippen LogP contribution in [0.3, 0.4) is 0 Å². The Morgan fingerprint density at radius 2 is 1.83 bits per heavy atom. The third-order valence-corrected chi connectivity index (χ3v) is 4.11. The molecule has 0 aliphatic heterocycles. The lowest BCUT2D eigenvalue weighted by Gasteiger charge is -2.09. The molecule has 3 rings (SSSR count). The summed E-state index contributed by atoms with van der Waals surface area (Å²) in [5.41, 5.74) is 2.03. The zero-order chi connectivity index (χ0) is 16.6. The molecule has 3 aromatic rings. The Morgan fingerprint density at radius 3 is 2.62 bits per heavy atom. The van der Waals surface area contributed by atoms with E-state index in [9.17, 15) is 5.11 Å². The number of aliphatic hydroxyl groups is 1. The molecule has 1 unspecified atom stereocenters. The first kappa shape index (κ1) is 16.5. The van der Waals surface area contributed by atoms with Gasteiger partial charge in [-0.3, -0.25) is 0 Å². The maximum Gasteiger partial charge on any atom is 0.155 e. The average Bonchev–Trinajstić information content (AvgIpc) is 3.29. The van der Waals surface area contributed by atoms with Crippen molar-refractivity contribution in [2.75, 3.05) is 0 Å². The fourth-order valence-corrected chi connectivity index (χ4v) is 2.75. The standard InChI is InChI=1S/C19H23N3O2/c23-19(22-15-17(20-21-22)18-12-8-14-24-18)13-7-2-1-4-9-16-10-5-3-6-11-16/h3,5-6,8,10-12,14-15,19,23H,1-2,4,7,9,13H2. The SMILES string of the molecule is OC(CCCCCCc1ccccc1)n1cc(-c2ccco2)nn1. The average molecular weight is 325 g/mol. The van der Waals surface area contributed by atoms with Crippen molar-refractivity contribution in [3.63, 3.8) is 0 Å². The van der Waals surface area contributed by atoms with Crippen LogP contribution in [-0.4, -0.2) is 20.1 Å². The molecule has 0 bridgehead atoms. The molecule has 5 heteroatoms. The van der Waals surface area contributed by atoms with Gasteiger partial charge in [-0.05, 0) is 43.4 Å². The molecule has 126 valence electrons. The highest BCUT2D eigenvalue weighted by Gasteiger charge is 2.11. The zero-order valence-electron chi connectivity index (χ0n) is 13.7. The second-order valence-electron chi connectivity index (χ2n) is 5.98. The number of rotatable bonds is 9. The maximum absolute atomic E-state index is 10.2. The molecule has 0 amide bonds. The number of aromatic nitrogens is 3. The fraction of sp³-hybridized carbons (Fsp3) is 0.368. The Morgan fingerprint density at radius 1 is 1.00 bits per heavy atom. The molecule has 5 nitrogen and oxygen atoms in total. The van der Waals surface area contributed by atoms with Gasteiger partial charge in [0.1, 0.15) is 11.9 Å². The summed E-state index contributed by atoms with van der Waals surface area (Å²) in [6.45, 7) is 0. The van der Waals surface area contributed by atoms with Crippen molar-refractivity contribution >= 4 is 0 Å². The van der Waals surface area contributed by atoms with Crippen molar-refractivity contribution in [2.45, 2.75) is 44.8 Å². The van der Waals surface area contributed by atoms with E-state index in [-0.39, 0.29) is 0 Å². The molecule has 0 saturated carbocycles. The summed E-state index contributed by atoms with van der Waals surface area (Å²) in [6.07, 6.45) is 8.96. The second kappa shape index (κ2) is 8.45. The number of hydrogen-bond donors (Lipinski definition) is 1. The van der Waals surface area contributed by atoms with Gasteiger partial charge >= 0.3 is 0 Å². The molecular weight excluding hydrogens is 302 g/mol. The van der Waals surface area contributed by atoms with Gasteiger partial charge in [0, 0.05) is 0 Å². The van der Waals surface area contributed by atoms with Gasteiger partial charge in [0.15, 0.2) is 5.76 Å². The first-order chi connectivity index (χ1) is 11.8. The topological polar surface area (TPSA) is 64.1 Å². The first-order valence-electron chi connectivity index (χ1n) is 8.50. The number of furan rings is 1. The van der Waals surface area contributed by atoms with Crippen LogP contribution in [0.15, 0.2) is 59.3 Å². The van der Waals surface area contributed by atoms with E-state index in [1.54, 1.807) is 18.5 Å². The summed E-state index contributed by atoms with van der Waals surface area (Å²) in [5, 5.41) is 18.2. The van der Waals surface area contributed by atoms with Gasteiger partial charge in [-0.25, -0.2) is 4.68 Å². The van der Waals surface area contributed by atoms with Crippen molar-refractivity contribution in [1.29, 1.82) is 0 Å². The second-order valence-corrected chi connectivity index (χ2v) is 5.98. The third-order valence-electron chi connectivity index (χ3n) is 4.11. The van der Waals surface area contributed by atoms with Crippen molar-refractivity contribution in [3.05, 3.63) is 60.5 Å². The molecule has 0 aliphatic rings. The summed E-state index contributed by atoms with van der Waals surface area (Å²) in [4.78, 5) is 0. The van der Waals surface area contributed by atoms with Gasteiger partial charge in [0.2, 0.25) is 0 Å². The predicted octanol–water partition coefficient (Wildman–Crippen LogP) is 4.22. The van der Waals surface area contributed by atoms with Crippen LogP contribution in [0.4, 0.5) is 0 Å². The molecule has 0 saturated heterocycles. The Labute approximate surface area is 141 Å². The van der Waals surface area contributed by atoms with Gasteiger partial charge in [-0.15, -0.1) is 5.10 Å². The molecule has 24 heavy (non-hydrogen) atoms. The summed E-state index contributed by atoms with van der Waals surface area (Å²) in [6, 6.07) is 14.2. The van der Waals surface area contributed by atoms with E-state index in [0.717, 1.165) is 19.3 Å².